The predicted molar refractivity (Wildman–Crippen MR) is 172 cm³/mol. The Morgan fingerprint density at radius 2 is 1.37 bits per heavy atom. The number of amides is 2. The highest BCUT2D eigenvalue weighted by atomic mass is 35.5. The Labute approximate surface area is 271 Å². The molecule has 7 nitrogen and oxygen atoms in total. The molecule has 0 bridgehead atoms. The number of anilines is 1. The molecule has 242 valence electrons. The zero-order chi connectivity index (χ0) is 33.5. The number of hydrogen-bond donors (Lipinski definition) is 1. The first-order chi connectivity index (χ1) is 21.8. The van der Waals surface area contributed by atoms with Gasteiger partial charge in [0, 0.05) is 19.0 Å². The molecule has 0 radical (unpaired) electrons. The third kappa shape index (κ3) is 8.67. The van der Waals surface area contributed by atoms with Crippen molar-refractivity contribution in [1.82, 2.24) is 10.2 Å². The van der Waals surface area contributed by atoms with Gasteiger partial charge in [0.15, 0.2) is 0 Å². The fraction of sp³-hybridized carbons (Fsp3) is 0.235. The van der Waals surface area contributed by atoms with E-state index in [4.69, 9.17) is 11.6 Å². The third-order valence-corrected chi connectivity index (χ3v) is 9.14. The van der Waals surface area contributed by atoms with Crippen molar-refractivity contribution in [2.45, 2.75) is 50.0 Å². The zero-order valence-corrected chi connectivity index (χ0v) is 26.7. The number of carbonyl (C=O) groups is 2. The van der Waals surface area contributed by atoms with Crippen LogP contribution in [0.5, 0.6) is 0 Å². The molecular formula is C34H33ClF3N3O4S. The Kier molecular flexibility index (Phi) is 11.1. The van der Waals surface area contributed by atoms with Crippen molar-refractivity contribution in [1.29, 1.82) is 0 Å². The molecule has 0 aliphatic carbocycles. The smallest absolute Gasteiger partial charge is 0.352 e. The minimum Gasteiger partial charge on any atom is -0.352 e. The van der Waals surface area contributed by atoms with E-state index in [9.17, 15) is 31.2 Å². The minimum absolute atomic E-state index is 0.0851. The molecule has 46 heavy (non-hydrogen) atoms. The Morgan fingerprint density at radius 1 is 0.826 bits per heavy atom. The summed E-state index contributed by atoms with van der Waals surface area (Å²) in [6, 6.07) is 25.7. The first-order valence-electron chi connectivity index (χ1n) is 14.4. The van der Waals surface area contributed by atoms with Crippen molar-refractivity contribution in [3.8, 4) is 0 Å². The lowest BCUT2D eigenvalue weighted by Gasteiger charge is -2.34. The molecule has 0 fully saturated rings. The summed E-state index contributed by atoms with van der Waals surface area (Å²) in [6.45, 7) is 2.51. The monoisotopic (exact) mass is 671 g/mol. The van der Waals surface area contributed by atoms with Gasteiger partial charge in [-0.05, 0) is 55.3 Å². The summed E-state index contributed by atoms with van der Waals surface area (Å²) in [5.74, 6) is -1.30. The largest absolute Gasteiger partial charge is 0.416 e. The third-order valence-electron chi connectivity index (χ3n) is 7.05. The molecule has 0 aromatic heterocycles. The van der Waals surface area contributed by atoms with Crippen LogP contribution in [0, 0.1) is 0 Å². The second-order valence-corrected chi connectivity index (χ2v) is 13.1. The summed E-state index contributed by atoms with van der Waals surface area (Å²) in [4.78, 5) is 29.1. The maximum Gasteiger partial charge on any atom is 0.416 e. The topological polar surface area (TPSA) is 86.8 Å². The maximum absolute atomic E-state index is 14.4. The molecule has 4 rings (SSSR count). The summed E-state index contributed by atoms with van der Waals surface area (Å²) in [7, 11) is -4.63. The molecule has 0 aliphatic rings. The lowest BCUT2D eigenvalue weighted by atomic mass is 10.0. The minimum atomic E-state index is -4.82. The second kappa shape index (κ2) is 14.8. The molecule has 12 heteroatoms. The Bertz CT molecular complexity index is 1740. The average Bonchev–Trinajstić information content (AvgIpc) is 3.02. The Morgan fingerprint density at radius 3 is 1.91 bits per heavy atom. The van der Waals surface area contributed by atoms with E-state index in [2.05, 4.69) is 5.32 Å². The number of sulfonamides is 1. The van der Waals surface area contributed by atoms with Crippen LogP contribution >= 0.6 is 11.6 Å². The van der Waals surface area contributed by atoms with Gasteiger partial charge < -0.3 is 10.2 Å². The normalized spacial score (nSPS) is 12.4. The van der Waals surface area contributed by atoms with E-state index >= 15 is 0 Å². The van der Waals surface area contributed by atoms with Crippen LogP contribution in [0.4, 0.5) is 18.9 Å². The first-order valence-corrected chi connectivity index (χ1v) is 16.2. The highest BCUT2D eigenvalue weighted by molar-refractivity contribution is 7.92. The summed E-state index contributed by atoms with van der Waals surface area (Å²) in [5, 5.41) is 2.54. The molecule has 0 spiro atoms. The van der Waals surface area contributed by atoms with Crippen molar-refractivity contribution >= 4 is 39.1 Å². The number of benzene rings is 4. The number of nitrogens with one attached hydrogen (secondary N) is 1. The molecule has 1 N–H and O–H groups in total. The summed E-state index contributed by atoms with van der Waals surface area (Å²) in [5.41, 5.74) is -0.278. The van der Waals surface area contributed by atoms with Gasteiger partial charge in [0.1, 0.15) is 12.6 Å². The molecule has 2 amide bonds. The number of nitrogens with zero attached hydrogens (tertiary/aromatic N) is 2. The molecule has 1 unspecified atom stereocenters. The number of rotatable bonds is 12. The lowest BCUT2D eigenvalue weighted by Crippen LogP contribution is -2.54. The van der Waals surface area contributed by atoms with Crippen molar-refractivity contribution in [2.75, 3.05) is 10.8 Å². The van der Waals surface area contributed by atoms with Crippen molar-refractivity contribution in [2.24, 2.45) is 0 Å². The Balaban J connectivity index is 1.86. The van der Waals surface area contributed by atoms with Gasteiger partial charge in [-0.15, -0.1) is 0 Å². The molecule has 4 aromatic rings. The first kappa shape index (κ1) is 34.5. The SMILES string of the molecule is CC(C)NC(=O)C(Cc1ccccc1)N(Cc1ccccc1)C(=O)CN(c1cc(C(F)(F)F)ccc1Cl)S(=O)(=O)c1ccccc1. The molecule has 1 atom stereocenters. The fourth-order valence-corrected chi connectivity index (χ4v) is 6.54. The van der Waals surface area contributed by atoms with Gasteiger partial charge in [-0.2, -0.15) is 13.2 Å². The second-order valence-electron chi connectivity index (χ2n) is 10.9. The molecular weight excluding hydrogens is 639 g/mol. The van der Waals surface area contributed by atoms with E-state index in [0.717, 1.165) is 17.7 Å². The van der Waals surface area contributed by atoms with Crippen molar-refractivity contribution in [3.05, 3.63) is 131 Å². The van der Waals surface area contributed by atoms with Crippen molar-refractivity contribution in [3.63, 3.8) is 0 Å². The molecule has 4 aromatic carbocycles. The van der Waals surface area contributed by atoms with Gasteiger partial charge in [-0.3, -0.25) is 13.9 Å². The quantitative estimate of drug-likeness (QED) is 0.181. The number of halogens is 4. The van der Waals surface area contributed by atoms with Crippen LogP contribution < -0.4 is 9.62 Å². The van der Waals surface area contributed by atoms with E-state index in [1.165, 1.54) is 29.2 Å². The van der Waals surface area contributed by atoms with Crippen LogP contribution in [0.3, 0.4) is 0 Å². The average molecular weight is 672 g/mol. The van der Waals surface area contributed by atoms with Gasteiger partial charge in [-0.25, -0.2) is 8.42 Å². The van der Waals surface area contributed by atoms with Gasteiger partial charge in [0.2, 0.25) is 11.8 Å². The standard InChI is InChI=1S/C34H33ClF3N3O4S/c1-24(2)39-33(43)31(20-25-12-6-3-7-13-25)40(22-26-14-8-4-9-15-26)32(42)23-41(46(44,45)28-16-10-5-11-17-28)30-21-27(34(36,37)38)18-19-29(30)35/h3-19,21,24,31H,20,22-23H2,1-2H3,(H,39,43). The van der Waals surface area contributed by atoms with E-state index in [1.54, 1.807) is 74.5 Å². The van der Waals surface area contributed by atoms with Crippen LogP contribution in [-0.4, -0.2) is 43.8 Å². The number of hydrogen-bond acceptors (Lipinski definition) is 4. The highest BCUT2D eigenvalue weighted by Crippen LogP contribution is 2.37. The number of alkyl halides is 3. The predicted octanol–water partition coefficient (Wildman–Crippen LogP) is 6.72. The van der Waals surface area contributed by atoms with Gasteiger partial charge in [0.25, 0.3) is 10.0 Å². The van der Waals surface area contributed by atoms with E-state index < -0.39 is 51.9 Å². The summed E-state index contributed by atoms with van der Waals surface area (Å²) < 4.78 is 70.0. The molecule has 0 saturated heterocycles. The lowest BCUT2D eigenvalue weighted by molar-refractivity contribution is -0.140. The van der Waals surface area contributed by atoms with Crippen LogP contribution in [-0.2, 0) is 38.8 Å². The van der Waals surface area contributed by atoms with Crippen LogP contribution in [0.25, 0.3) is 0 Å². The fourth-order valence-electron chi connectivity index (χ4n) is 4.83. The summed E-state index contributed by atoms with van der Waals surface area (Å²) in [6.07, 6.45) is -4.73. The molecule has 0 heterocycles. The number of carbonyl (C=O) groups excluding carboxylic acids is 2. The van der Waals surface area contributed by atoms with Crippen LogP contribution in [0.1, 0.15) is 30.5 Å². The van der Waals surface area contributed by atoms with Crippen LogP contribution in [0.2, 0.25) is 5.02 Å². The highest BCUT2D eigenvalue weighted by Gasteiger charge is 2.37. The maximum atomic E-state index is 14.4. The van der Waals surface area contributed by atoms with Gasteiger partial charge >= 0.3 is 6.18 Å². The summed E-state index contributed by atoms with van der Waals surface area (Å²) >= 11 is 6.34. The van der Waals surface area contributed by atoms with Crippen LogP contribution in [0.15, 0.2) is 114 Å². The molecule has 0 aliphatic heterocycles. The zero-order valence-electron chi connectivity index (χ0n) is 25.1. The Hall–Kier alpha value is -4.35. The van der Waals surface area contributed by atoms with E-state index in [-0.39, 0.29) is 28.9 Å². The van der Waals surface area contributed by atoms with Gasteiger partial charge in [0.05, 0.1) is 21.2 Å². The van der Waals surface area contributed by atoms with E-state index in [1.807, 2.05) is 6.07 Å². The van der Waals surface area contributed by atoms with Gasteiger partial charge in [-0.1, -0.05) is 90.5 Å². The molecule has 0 saturated carbocycles. The van der Waals surface area contributed by atoms with E-state index in [0.29, 0.717) is 15.9 Å². The van der Waals surface area contributed by atoms with Crippen molar-refractivity contribution < 1.29 is 31.2 Å².